The van der Waals surface area contributed by atoms with Crippen LogP contribution in [0, 0.1) is 6.92 Å². The van der Waals surface area contributed by atoms with Crippen LogP contribution >= 0.6 is 11.8 Å². The zero-order valence-electron chi connectivity index (χ0n) is 16.1. The Hall–Kier alpha value is -2.31. The molecule has 0 heterocycles. The van der Waals surface area contributed by atoms with Crippen LogP contribution < -0.4 is 10.6 Å². The van der Waals surface area contributed by atoms with Crippen molar-refractivity contribution in [2.45, 2.75) is 18.4 Å². The summed E-state index contributed by atoms with van der Waals surface area (Å²) in [6, 6.07) is 15.8. The SMILES string of the molecule is CNC(=O)c1ccc(CN(C)CC(=O)NCCSc2ccc(C)cc2)cc1. The number of hydrogen-bond donors (Lipinski definition) is 2. The molecule has 144 valence electrons. The Kier molecular flexibility index (Phi) is 8.36. The van der Waals surface area contributed by atoms with Gasteiger partial charge in [-0.15, -0.1) is 11.8 Å². The Labute approximate surface area is 165 Å². The van der Waals surface area contributed by atoms with Crippen LogP contribution in [0.3, 0.4) is 0 Å². The van der Waals surface area contributed by atoms with Crippen LogP contribution in [0.1, 0.15) is 21.5 Å². The van der Waals surface area contributed by atoms with Crippen molar-refractivity contribution < 1.29 is 9.59 Å². The summed E-state index contributed by atoms with van der Waals surface area (Å²) in [5.74, 6) is 0.765. The van der Waals surface area contributed by atoms with Gasteiger partial charge in [0.15, 0.2) is 0 Å². The average molecular weight is 386 g/mol. The van der Waals surface area contributed by atoms with E-state index in [0.717, 1.165) is 11.3 Å². The molecule has 6 heteroatoms. The predicted molar refractivity (Wildman–Crippen MR) is 111 cm³/mol. The zero-order chi connectivity index (χ0) is 19.6. The van der Waals surface area contributed by atoms with Crippen LogP contribution in [-0.2, 0) is 11.3 Å². The molecule has 0 bridgehead atoms. The summed E-state index contributed by atoms with van der Waals surface area (Å²) < 4.78 is 0. The van der Waals surface area contributed by atoms with Crippen LogP contribution in [-0.4, -0.2) is 49.7 Å². The summed E-state index contributed by atoms with van der Waals surface area (Å²) in [6.45, 7) is 3.71. The van der Waals surface area contributed by atoms with Crippen molar-refractivity contribution in [1.29, 1.82) is 0 Å². The van der Waals surface area contributed by atoms with Crippen molar-refractivity contribution in [3.05, 3.63) is 65.2 Å². The van der Waals surface area contributed by atoms with E-state index in [2.05, 4.69) is 41.8 Å². The van der Waals surface area contributed by atoms with Gasteiger partial charge in [-0.25, -0.2) is 0 Å². The summed E-state index contributed by atoms with van der Waals surface area (Å²) in [4.78, 5) is 26.8. The number of carbonyl (C=O) groups excluding carboxylic acids is 2. The number of amides is 2. The highest BCUT2D eigenvalue weighted by atomic mass is 32.2. The first kappa shape index (κ1) is 21.0. The third-order valence-electron chi connectivity index (χ3n) is 4.02. The van der Waals surface area contributed by atoms with E-state index >= 15 is 0 Å². The van der Waals surface area contributed by atoms with Gasteiger partial charge in [0, 0.05) is 36.3 Å². The fourth-order valence-corrected chi connectivity index (χ4v) is 3.34. The van der Waals surface area contributed by atoms with Crippen molar-refractivity contribution in [2.75, 3.05) is 32.9 Å². The van der Waals surface area contributed by atoms with Crippen molar-refractivity contribution in [3.8, 4) is 0 Å². The summed E-state index contributed by atoms with van der Waals surface area (Å²) in [5.41, 5.74) is 2.94. The molecule has 0 fully saturated rings. The van der Waals surface area contributed by atoms with Crippen molar-refractivity contribution in [1.82, 2.24) is 15.5 Å². The molecule has 0 aliphatic heterocycles. The number of rotatable bonds is 9. The third-order valence-corrected chi connectivity index (χ3v) is 5.04. The van der Waals surface area contributed by atoms with Gasteiger partial charge in [-0.1, -0.05) is 29.8 Å². The lowest BCUT2D eigenvalue weighted by Gasteiger charge is -2.16. The van der Waals surface area contributed by atoms with Gasteiger partial charge in [0.05, 0.1) is 6.54 Å². The van der Waals surface area contributed by atoms with E-state index < -0.39 is 0 Å². The molecule has 0 aliphatic carbocycles. The zero-order valence-corrected chi connectivity index (χ0v) is 16.9. The Morgan fingerprint density at radius 1 is 1.04 bits per heavy atom. The van der Waals surface area contributed by atoms with Gasteiger partial charge in [-0.05, 0) is 43.8 Å². The van der Waals surface area contributed by atoms with E-state index in [-0.39, 0.29) is 11.8 Å². The largest absolute Gasteiger partial charge is 0.355 e. The second kappa shape index (κ2) is 10.7. The molecular formula is C21H27N3O2S. The minimum absolute atomic E-state index is 0.0176. The number of thioether (sulfide) groups is 1. The van der Waals surface area contributed by atoms with Crippen molar-refractivity contribution >= 4 is 23.6 Å². The van der Waals surface area contributed by atoms with Gasteiger partial charge in [-0.3, -0.25) is 14.5 Å². The number of aryl methyl sites for hydroxylation is 1. The number of carbonyl (C=O) groups is 2. The molecule has 0 unspecified atom stereocenters. The molecule has 5 nitrogen and oxygen atoms in total. The lowest BCUT2D eigenvalue weighted by molar-refractivity contribution is -0.121. The molecule has 0 aromatic heterocycles. The topological polar surface area (TPSA) is 61.4 Å². The maximum atomic E-state index is 12.1. The monoisotopic (exact) mass is 385 g/mol. The van der Waals surface area contributed by atoms with Gasteiger partial charge < -0.3 is 10.6 Å². The van der Waals surface area contributed by atoms with Gasteiger partial charge in [0.25, 0.3) is 5.91 Å². The number of benzene rings is 2. The molecule has 0 spiro atoms. The molecule has 2 rings (SSSR count). The van der Waals surface area contributed by atoms with Gasteiger partial charge in [0.2, 0.25) is 5.91 Å². The van der Waals surface area contributed by atoms with Crippen LogP contribution in [0.15, 0.2) is 53.4 Å². The minimum atomic E-state index is -0.0993. The average Bonchev–Trinajstić information content (AvgIpc) is 2.66. The summed E-state index contributed by atoms with van der Waals surface area (Å²) >= 11 is 1.74. The molecule has 0 saturated heterocycles. The maximum absolute atomic E-state index is 12.1. The third kappa shape index (κ3) is 7.45. The first-order valence-corrected chi connectivity index (χ1v) is 9.92. The second-order valence-electron chi connectivity index (χ2n) is 6.46. The normalized spacial score (nSPS) is 10.7. The maximum Gasteiger partial charge on any atom is 0.251 e. The fourth-order valence-electron chi connectivity index (χ4n) is 2.57. The molecule has 2 amide bonds. The highest BCUT2D eigenvalue weighted by molar-refractivity contribution is 7.99. The first-order valence-electron chi connectivity index (χ1n) is 8.93. The van der Waals surface area contributed by atoms with E-state index in [1.807, 2.05) is 24.1 Å². The molecule has 2 aromatic rings. The quantitative estimate of drug-likeness (QED) is 0.515. The van der Waals surface area contributed by atoms with Gasteiger partial charge in [0.1, 0.15) is 0 Å². The number of likely N-dealkylation sites (N-methyl/N-ethyl adjacent to an activating group) is 1. The Morgan fingerprint density at radius 3 is 2.33 bits per heavy atom. The summed E-state index contributed by atoms with van der Waals surface area (Å²) in [7, 11) is 3.52. The minimum Gasteiger partial charge on any atom is -0.355 e. The van der Waals surface area contributed by atoms with Crippen LogP contribution in [0.2, 0.25) is 0 Å². The summed E-state index contributed by atoms with van der Waals surface area (Å²) in [5, 5.41) is 5.56. The molecule has 27 heavy (non-hydrogen) atoms. The first-order chi connectivity index (χ1) is 13.0. The predicted octanol–water partition coefficient (Wildman–Crippen LogP) is 2.69. The molecule has 0 radical (unpaired) electrons. The van der Waals surface area contributed by atoms with Gasteiger partial charge >= 0.3 is 0 Å². The van der Waals surface area contributed by atoms with Crippen molar-refractivity contribution in [3.63, 3.8) is 0 Å². The molecule has 2 aromatic carbocycles. The second-order valence-corrected chi connectivity index (χ2v) is 7.63. The molecule has 0 atom stereocenters. The number of nitrogens with one attached hydrogen (secondary N) is 2. The van der Waals surface area contributed by atoms with E-state index in [1.54, 1.807) is 30.9 Å². The highest BCUT2D eigenvalue weighted by Crippen LogP contribution is 2.17. The molecular weight excluding hydrogens is 358 g/mol. The number of nitrogens with zero attached hydrogens (tertiary/aromatic N) is 1. The van der Waals surface area contributed by atoms with Crippen molar-refractivity contribution in [2.24, 2.45) is 0 Å². The molecule has 0 aliphatic rings. The van der Waals surface area contributed by atoms with Crippen LogP contribution in [0.5, 0.6) is 0 Å². The fraction of sp³-hybridized carbons (Fsp3) is 0.333. The highest BCUT2D eigenvalue weighted by Gasteiger charge is 2.08. The summed E-state index contributed by atoms with van der Waals surface area (Å²) in [6.07, 6.45) is 0. The van der Waals surface area contributed by atoms with E-state index in [9.17, 15) is 9.59 Å². The lowest BCUT2D eigenvalue weighted by Crippen LogP contribution is -2.35. The standard InChI is InChI=1S/C21H27N3O2S/c1-16-4-10-19(11-5-16)27-13-12-23-20(25)15-24(3)14-17-6-8-18(9-7-17)21(26)22-2/h4-11H,12-15H2,1-3H3,(H,22,26)(H,23,25). The number of hydrogen-bond acceptors (Lipinski definition) is 4. The Morgan fingerprint density at radius 2 is 1.70 bits per heavy atom. The smallest absolute Gasteiger partial charge is 0.251 e. The van der Waals surface area contributed by atoms with E-state index in [1.165, 1.54) is 10.5 Å². The molecule has 0 saturated carbocycles. The van der Waals surface area contributed by atoms with Gasteiger partial charge in [-0.2, -0.15) is 0 Å². The van der Waals surface area contributed by atoms with E-state index in [4.69, 9.17) is 0 Å². The van der Waals surface area contributed by atoms with Crippen LogP contribution in [0.25, 0.3) is 0 Å². The molecule has 2 N–H and O–H groups in total. The Bertz CT molecular complexity index is 745. The van der Waals surface area contributed by atoms with E-state index in [0.29, 0.717) is 25.2 Å². The van der Waals surface area contributed by atoms with Crippen LogP contribution in [0.4, 0.5) is 0 Å². The lowest BCUT2D eigenvalue weighted by atomic mass is 10.1. The Balaban J connectivity index is 1.67.